The van der Waals surface area contributed by atoms with E-state index in [1.165, 1.54) is 5.56 Å². The van der Waals surface area contributed by atoms with Gasteiger partial charge in [0.15, 0.2) is 0 Å². The van der Waals surface area contributed by atoms with Crippen LogP contribution in [0.5, 0.6) is 0 Å². The van der Waals surface area contributed by atoms with Crippen molar-refractivity contribution in [1.82, 2.24) is 14.9 Å². The number of hydrogen-bond donors (Lipinski definition) is 2. The molecule has 0 amide bonds. The summed E-state index contributed by atoms with van der Waals surface area (Å²) in [5, 5.41) is 6.04. The van der Waals surface area contributed by atoms with Gasteiger partial charge < -0.3 is 15.0 Å². The number of aromatic amines is 1. The molecule has 0 aliphatic carbocycles. The zero-order valence-electron chi connectivity index (χ0n) is 15.4. The standard InChI is InChI=1S/C20H19Cl3N4O2/c21-12-1-2-17-15(7-12)14-3-5-27(18(10-29-11-28)19(14)26-17)6-4-24-20-16(23)8-13(22)9-25-20/h1-2,7-9,11,18,26H,3-6,10H2,(H,24,25). The molecule has 4 rings (SSSR count). The quantitative estimate of drug-likeness (QED) is 0.507. The molecule has 0 fully saturated rings. The maximum absolute atomic E-state index is 10.8. The number of carbonyl (C=O) groups is 1. The van der Waals surface area contributed by atoms with Crippen molar-refractivity contribution < 1.29 is 9.53 Å². The summed E-state index contributed by atoms with van der Waals surface area (Å²) in [4.78, 5) is 20.8. The van der Waals surface area contributed by atoms with E-state index in [-0.39, 0.29) is 12.6 Å². The summed E-state index contributed by atoms with van der Waals surface area (Å²) in [7, 11) is 0. The molecular formula is C20H19Cl3N4O2. The Balaban J connectivity index is 1.52. The molecule has 2 aromatic heterocycles. The zero-order chi connectivity index (χ0) is 20.4. The average molecular weight is 454 g/mol. The SMILES string of the molecule is O=COCC1c2[nH]c3ccc(Cl)cc3c2CCN1CCNc1ncc(Cl)cc1Cl. The second kappa shape index (κ2) is 8.79. The van der Waals surface area contributed by atoms with E-state index in [2.05, 4.69) is 20.2 Å². The molecule has 1 atom stereocenters. The van der Waals surface area contributed by atoms with Crippen molar-refractivity contribution in [3.63, 3.8) is 0 Å². The first kappa shape index (κ1) is 20.3. The van der Waals surface area contributed by atoms with Crippen molar-refractivity contribution >= 4 is 58.0 Å². The Morgan fingerprint density at radius 1 is 1.28 bits per heavy atom. The molecule has 0 radical (unpaired) electrons. The van der Waals surface area contributed by atoms with Crippen LogP contribution in [0.3, 0.4) is 0 Å². The highest BCUT2D eigenvalue weighted by Gasteiger charge is 2.30. The van der Waals surface area contributed by atoms with Gasteiger partial charge in [0.25, 0.3) is 6.47 Å². The number of carbonyl (C=O) groups excluding carboxylic acids is 1. The maximum atomic E-state index is 10.8. The lowest BCUT2D eigenvalue weighted by molar-refractivity contribution is -0.130. The van der Waals surface area contributed by atoms with Gasteiger partial charge in [-0.05, 0) is 36.2 Å². The molecule has 29 heavy (non-hydrogen) atoms. The van der Waals surface area contributed by atoms with Crippen LogP contribution in [0.2, 0.25) is 15.1 Å². The van der Waals surface area contributed by atoms with E-state index in [9.17, 15) is 4.79 Å². The third-order valence-corrected chi connectivity index (χ3v) is 5.88. The monoisotopic (exact) mass is 452 g/mol. The summed E-state index contributed by atoms with van der Waals surface area (Å²) in [6.45, 7) is 2.96. The number of halogens is 3. The molecule has 0 spiro atoms. The predicted molar refractivity (Wildman–Crippen MR) is 116 cm³/mol. The molecule has 1 aromatic carbocycles. The van der Waals surface area contributed by atoms with Crippen LogP contribution in [0.15, 0.2) is 30.5 Å². The smallest absolute Gasteiger partial charge is 0.293 e. The van der Waals surface area contributed by atoms with Crippen molar-refractivity contribution in [3.05, 3.63) is 56.8 Å². The Kier molecular flexibility index (Phi) is 6.15. The van der Waals surface area contributed by atoms with Gasteiger partial charge in [-0.2, -0.15) is 0 Å². The number of pyridine rings is 1. The Morgan fingerprint density at radius 2 is 2.14 bits per heavy atom. The van der Waals surface area contributed by atoms with Crippen molar-refractivity contribution in [3.8, 4) is 0 Å². The number of nitrogens with zero attached hydrogens (tertiary/aromatic N) is 2. The van der Waals surface area contributed by atoms with Crippen molar-refractivity contribution in [2.24, 2.45) is 0 Å². The Hall–Kier alpha value is -1.99. The van der Waals surface area contributed by atoms with Crippen molar-refractivity contribution in [2.45, 2.75) is 12.5 Å². The lowest BCUT2D eigenvalue weighted by Gasteiger charge is -2.35. The first-order valence-electron chi connectivity index (χ1n) is 9.21. The van der Waals surface area contributed by atoms with Gasteiger partial charge in [-0.3, -0.25) is 9.69 Å². The number of ether oxygens (including phenoxy) is 1. The Bertz CT molecular complexity index is 1040. The van der Waals surface area contributed by atoms with Gasteiger partial charge in [0.1, 0.15) is 12.4 Å². The van der Waals surface area contributed by atoms with Crippen molar-refractivity contribution in [1.29, 1.82) is 0 Å². The van der Waals surface area contributed by atoms with E-state index in [0.29, 0.717) is 33.9 Å². The molecule has 9 heteroatoms. The molecule has 0 saturated heterocycles. The van der Waals surface area contributed by atoms with Crippen LogP contribution in [-0.2, 0) is 16.0 Å². The summed E-state index contributed by atoms with van der Waals surface area (Å²) < 4.78 is 5.14. The van der Waals surface area contributed by atoms with Gasteiger partial charge in [-0.1, -0.05) is 34.8 Å². The van der Waals surface area contributed by atoms with E-state index in [1.54, 1.807) is 12.3 Å². The van der Waals surface area contributed by atoms with E-state index in [1.807, 2.05) is 18.2 Å². The largest absolute Gasteiger partial charge is 0.466 e. The molecule has 0 saturated carbocycles. The second-order valence-corrected chi connectivity index (χ2v) is 8.13. The van der Waals surface area contributed by atoms with Crippen LogP contribution in [0.25, 0.3) is 10.9 Å². The Morgan fingerprint density at radius 3 is 2.93 bits per heavy atom. The van der Waals surface area contributed by atoms with Crippen LogP contribution in [0.1, 0.15) is 17.3 Å². The summed E-state index contributed by atoms with van der Waals surface area (Å²) in [6, 6.07) is 7.42. The van der Waals surface area contributed by atoms with Crippen LogP contribution < -0.4 is 5.32 Å². The number of fused-ring (bicyclic) bond motifs is 3. The summed E-state index contributed by atoms with van der Waals surface area (Å²) in [5.74, 6) is 0.592. The summed E-state index contributed by atoms with van der Waals surface area (Å²) in [5.41, 5.74) is 3.33. The number of benzene rings is 1. The molecule has 1 unspecified atom stereocenters. The minimum atomic E-state index is -0.0643. The minimum Gasteiger partial charge on any atom is -0.466 e. The fraction of sp³-hybridized carbons (Fsp3) is 0.300. The number of aromatic nitrogens is 2. The predicted octanol–water partition coefficient (Wildman–Crippen LogP) is 4.71. The molecule has 1 aliphatic heterocycles. The lowest BCUT2D eigenvalue weighted by Crippen LogP contribution is -2.40. The molecule has 3 heterocycles. The number of H-pyrrole nitrogens is 1. The first-order chi connectivity index (χ1) is 14.1. The molecule has 6 nitrogen and oxygen atoms in total. The molecule has 152 valence electrons. The fourth-order valence-electron chi connectivity index (χ4n) is 3.84. The lowest BCUT2D eigenvalue weighted by atomic mass is 9.97. The van der Waals surface area contributed by atoms with Gasteiger partial charge >= 0.3 is 0 Å². The number of hydrogen-bond acceptors (Lipinski definition) is 5. The maximum Gasteiger partial charge on any atom is 0.293 e. The first-order valence-corrected chi connectivity index (χ1v) is 10.3. The van der Waals surface area contributed by atoms with Gasteiger partial charge in [0.05, 0.1) is 16.1 Å². The van der Waals surface area contributed by atoms with Gasteiger partial charge in [0.2, 0.25) is 0 Å². The topological polar surface area (TPSA) is 70.2 Å². The van der Waals surface area contributed by atoms with E-state index < -0.39 is 0 Å². The highest BCUT2D eigenvalue weighted by molar-refractivity contribution is 6.36. The molecular weight excluding hydrogens is 435 g/mol. The highest BCUT2D eigenvalue weighted by Crippen LogP contribution is 2.35. The zero-order valence-corrected chi connectivity index (χ0v) is 17.7. The number of anilines is 1. The van der Waals surface area contributed by atoms with Crippen LogP contribution in [-0.4, -0.2) is 47.6 Å². The number of nitrogens with one attached hydrogen (secondary N) is 2. The van der Waals surface area contributed by atoms with Crippen LogP contribution >= 0.6 is 34.8 Å². The third kappa shape index (κ3) is 4.31. The minimum absolute atomic E-state index is 0.0643. The van der Waals surface area contributed by atoms with E-state index >= 15 is 0 Å². The van der Waals surface area contributed by atoms with Crippen LogP contribution in [0, 0.1) is 0 Å². The van der Waals surface area contributed by atoms with Gasteiger partial charge in [-0.25, -0.2) is 4.98 Å². The highest BCUT2D eigenvalue weighted by atomic mass is 35.5. The normalized spacial score (nSPS) is 16.6. The van der Waals surface area contributed by atoms with Gasteiger partial charge in [0, 0.05) is 47.5 Å². The summed E-state index contributed by atoms with van der Waals surface area (Å²) >= 11 is 18.3. The average Bonchev–Trinajstić information content (AvgIpc) is 3.06. The van der Waals surface area contributed by atoms with Crippen LogP contribution in [0.4, 0.5) is 5.82 Å². The van der Waals surface area contributed by atoms with Crippen molar-refractivity contribution in [2.75, 3.05) is 31.6 Å². The number of rotatable bonds is 7. The Labute approximate surface area is 183 Å². The summed E-state index contributed by atoms with van der Waals surface area (Å²) in [6.07, 6.45) is 2.44. The molecule has 2 N–H and O–H groups in total. The third-order valence-electron chi connectivity index (χ3n) is 5.15. The fourth-order valence-corrected chi connectivity index (χ4v) is 4.46. The molecule has 1 aliphatic rings. The van der Waals surface area contributed by atoms with Gasteiger partial charge in [-0.15, -0.1) is 0 Å². The van der Waals surface area contributed by atoms with E-state index in [0.717, 1.165) is 36.1 Å². The van der Waals surface area contributed by atoms with E-state index in [4.69, 9.17) is 39.5 Å². The molecule has 0 bridgehead atoms. The molecule has 3 aromatic rings. The second-order valence-electron chi connectivity index (χ2n) is 6.85.